The van der Waals surface area contributed by atoms with E-state index < -0.39 is 11.6 Å². The fourth-order valence-electron chi connectivity index (χ4n) is 1.28. The number of nitrogen functional groups attached to an aromatic ring is 1. The van der Waals surface area contributed by atoms with Crippen molar-refractivity contribution >= 4 is 33.4 Å². The minimum Gasteiger partial charge on any atom is -0.398 e. The van der Waals surface area contributed by atoms with E-state index in [9.17, 15) is 8.78 Å². The molecule has 17 heavy (non-hydrogen) atoms. The molecule has 0 amide bonds. The molecule has 0 saturated heterocycles. The number of rotatable bonds is 2. The third-order valence-electron chi connectivity index (χ3n) is 2.09. The summed E-state index contributed by atoms with van der Waals surface area (Å²) in [5.41, 5.74) is 6.41. The summed E-state index contributed by atoms with van der Waals surface area (Å²) in [6, 6.07) is 9.21. The fraction of sp³-hybridized carbons (Fsp3) is 0. The van der Waals surface area contributed by atoms with Crippen LogP contribution in [0.25, 0.3) is 0 Å². The van der Waals surface area contributed by atoms with E-state index in [1.165, 1.54) is 17.8 Å². The van der Waals surface area contributed by atoms with Crippen LogP contribution in [0.5, 0.6) is 0 Å². The standard InChI is InChI=1S/C12H8BrF2NS/c13-7-1-4-12(11(16)5-7)17-8-2-3-9(14)10(15)6-8/h1-6H,16H2. The molecule has 88 valence electrons. The van der Waals surface area contributed by atoms with Gasteiger partial charge in [0.2, 0.25) is 0 Å². The molecule has 0 saturated carbocycles. The highest BCUT2D eigenvalue weighted by Gasteiger charge is 2.06. The van der Waals surface area contributed by atoms with Crippen LogP contribution < -0.4 is 5.73 Å². The van der Waals surface area contributed by atoms with Gasteiger partial charge in [-0.3, -0.25) is 0 Å². The molecule has 0 radical (unpaired) electrons. The zero-order valence-corrected chi connectivity index (χ0v) is 11.0. The predicted octanol–water partition coefficient (Wildman–Crippen LogP) is 4.46. The topological polar surface area (TPSA) is 26.0 Å². The summed E-state index contributed by atoms with van der Waals surface area (Å²) in [6.45, 7) is 0. The smallest absolute Gasteiger partial charge is 0.159 e. The van der Waals surface area contributed by atoms with E-state index in [4.69, 9.17) is 5.73 Å². The molecule has 0 aliphatic rings. The summed E-state index contributed by atoms with van der Waals surface area (Å²) >= 11 is 4.60. The number of hydrogen-bond acceptors (Lipinski definition) is 2. The van der Waals surface area contributed by atoms with Crippen molar-refractivity contribution in [3.05, 3.63) is 52.5 Å². The van der Waals surface area contributed by atoms with Crippen molar-refractivity contribution in [1.82, 2.24) is 0 Å². The lowest BCUT2D eigenvalue weighted by atomic mass is 10.3. The normalized spacial score (nSPS) is 10.5. The average molecular weight is 316 g/mol. The van der Waals surface area contributed by atoms with Crippen LogP contribution in [0.2, 0.25) is 0 Å². The summed E-state index contributed by atoms with van der Waals surface area (Å²) in [6.07, 6.45) is 0. The Hall–Kier alpha value is -1.07. The van der Waals surface area contributed by atoms with Gasteiger partial charge in [-0.15, -0.1) is 0 Å². The molecule has 2 aromatic carbocycles. The highest BCUT2D eigenvalue weighted by atomic mass is 79.9. The van der Waals surface area contributed by atoms with Crippen molar-refractivity contribution in [2.75, 3.05) is 5.73 Å². The molecule has 0 bridgehead atoms. The molecular weight excluding hydrogens is 308 g/mol. The average Bonchev–Trinajstić information content (AvgIpc) is 2.27. The van der Waals surface area contributed by atoms with Gasteiger partial charge < -0.3 is 5.73 Å². The quantitative estimate of drug-likeness (QED) is 0.828. The first-order valence-corrected chi connectivity index (χ1v) is 6.35. The van der Waals surface area contributed by atoms with Crippen LogP contribution in [0.1, 0.15) is 0 Å². The van der Waals surface area contributed by atoms with Gasteiger partial charge in [-0.05, 0) is 36.4 Å². The van der Waals surface area contributed by atoms with E-state index in [0.717, 1.165) is 21.5 Å². The van der Waals surface area contributed by atoms with Crippen molar-refractivity contribution in [3.63, 3.8) is 0 Å². The number of halogens is 3. The van der Waals surface area contributed by atoms with E-state index in [1.807, 2.05) is 12.1 Å². The van der Waals surface area contributed by atoms with Gasteiger partial charge in [0.25, 0.3) is 0 Å². The van der Waals surface area contributed by atoms with E-state index in [2.05, 4.69) is 15.9 Å². The third kappa shape index (κ3) is 2.98. The Bertz CT molecular complexity index is 560. The minimum atomic E-state index is -0.856. The minimum absolute atomic E-state index is 0.592. The van der Waals surface area contributed by atoms with Crippen LogP contribution in [-0.2, 0) is 0 Å². The molecule has 2 aromatic rings. The highest BCUT2D eigenvalue weighted by molar-refractivity contribution is 9.10. The van der Waals surface area contributed by atoms with Crippen molar-refractivity contribution < 1.29 is 8.78 Å². The van der Waals surface area contributed by atoms with E-state index >= 15 is 0 Å². The van der Waals surface area contributed by atoms with Crippen LogP contribution >= 0.6 is 27.7 Å². The monoisotopic (exact) mass is 315 g/mol. The maximum absolute atomic E-state index is 13.0. The summed E-state index contributed by atoms with van der Waals surface area (Å²) in [7, 11) is 0. The molecule has 2 N–H and O–H groups in total. The van der Waals surface area contributed by atoms with Crippen LogP contribution in [-0.4, -0.2) is 0 Å². The zero-order chi connectivity index (χ0) is 12.4. The second-order valence-electron chi connectivity index (χ2n) is 3.36. The largest absolute Gasteiger partial charge is 0.398 e. The Kier molecular flexibility index (Phi) is 3.69. The molecule has 0 fully saturated rings. The maximum Gasteiger partial charge on any atom is 0.159 e. The summed E-state index contributed by atoms with van der Waals surface area (Å²) in [5, 5.41) is 0. The molecule has 0 unspecified atom stereocenters. The Morgan fingerprint density at radius 2 is 1.76 bits per heavy atom. The van der Waals surface area contributed by atoms with Crippen molar-refractivity contribution in [3.8, 4) is 0 Å². The molecule has 5 heteroatoms. The van der Waals surface area contributed by atoms with Gasteiger partial charge in [0, 0.05) is 20.0 Å². The summed E-state index contributed by atoms with van der Waals surface area (Å²) < 4.78 is 26.7. The first-order valence-electron chi connectivity index (χ1n) is 4.74. The van der Waals surface area contributed by atoms with Crippen molar-refractivity contribution in [1.29, 1.82) is 0 Å². The van der Waals surface area contributed by atoms with Crippen LogP contribution in [0.15, 0.2) is 50.7 Å². The second kappa shape index (κ2) is 5.06. The van der Waals surface area contributed by atoms with Crippen molar-refractivity contribution in [2.45, 2.75) is 9.79 Å². The summed E-state index contributed by atoms with van der Waals surface area (Å²) in [4.78, 5) is 1.41. The molecule has 0 aliphatic carbocycles. The number of hydrogen-bond donors (Lipinski definition) is 1. The molecule has 0 aliphatic heterocycles. The Morgan fingerprint density at radius 3 is 2.41 bits per heavy atom. The lowest BCUT2D eigenvalue weighted by Crippen LogP contribution is -1.89. The predicted molar refractivity (Wildman–Crippen MR) is 69.0 cm³/mol. The Labute approximate surface area is 110 Å². The van der Waals surface area contributed by atoms with E-state index in [1.54, 1.807) is 6.07 Å². The van der Waals surface area contributed by atoms with Crippen molar-refractivity contribution in [2.24, 2.45) is 0 Å². The lowest BCUT2D eigenvalue weighted by Gasteiger charge is -2.06. The van der Waals surface area contributed by atoms with Gasteiger partial charge in [-0.25, -0.2) is 8.78 Å². The first-order chi connectivity index (χ1) is 8.06. The van der Waals surface area contributed by atoms with Crippen LogP contribution in [0.4, 0.5) is 14.5 Å². The van der Waals surface area contributed by atoms with Gasteiger partial charge in [-0.2, -0.15) is 0 Å². The zero-order valence-electron chi connectivity index (χ0n) is 8.58. The number of benzene rings is 2. The first kappa shape index (κ1) is 12.4. The molecule has 0 atom stereocenters. The third-order valence-corrected chi connectivity index (χ3v) is 3.67. The molecule has 1 nitrogen and oxygen atoms in total. The summed E-state index contributed by atoms with van der Waals surface area (Å²) in [5.74, 6) is -1.70. The second-order valence-corrected chi connectivity index (χ2v) is 5.39. The fourth-order valence-corrected chi connectivity index (χ4v) is 2.52. The van der Waals surface area contributed by atoms with Crippen LogP contribution in [0.3, 0.4) is 0 Å². The maximum atomic E-state index is 13.0. The SMILES string of the molecule is Nc1cc(Br)ccc1Sc1ccc(F)c(F)c1. The molecule has 0 spiro atoms. The Morgan fingerprint density at radius 1 is 1.00 bits per heavy atom. The van der Waals surface area contributed by atoms with Gasteiger partial charge in [0.1, 0.15) is 0 Å². The van der Waals surface area contributed by atoms with Gasteiger partial charge in [0.05, 0.1) is 0 Å². The Balaban J connectivity index is 2.28. The van der Waals surface area contributed by atoms with Gasteiger partial charge in [-0.1, -0.05) is 27.7 Å². The number of anilines is 1. The lowest BCUT2D eigenvalue weighted by molar-refractivity contribution is 0.506. The molecule has 0 heterocycles. The highest BCUT2D eigenvalue weighted by Crippen LogP contribution is 2.34. The van der Waals surface area contributed by atoms with Gasteiger partial charge in [0.15, 0.2) is 11.6 Å². The van der Waals surface area contributed by atoms with E-state index in [0.29, 0.717) is 10.6 Å². The molecule has 0 aromatic heterocycles. The van der Waals surface area contributed by atoms with E-state index in [-0.39, 0.29) is 0 Å². The number of nitrogens with two attached hydrogens (primary N) is 1. The molecule has 2 rings (SSSR count). The molecular formula is C12H8BrF2NS. The van der Waals surface area contributed by atoms with Crippen LogP contribution in [0, 0.1) is 11.6 Å². The van der Waals surface area contributed by atoms with Gasteiger partial charge >= 0.3 is 0 Å².